The number of likely N-dealkylation sites (tertiary alicyclic amines) is 1. The normalized spacial score (nSPS) is 19.1. The van der Waals surface area contributed by atoms with Gasteiger partial charge in [-0.05, 0) is 49.9 Å². The summed E-state index contributed by atoms with van der Waals surface area (Å²) in [4.78, 5) is 14.0. The lowest BCUT2D eigenvalue weighted by Gasteiger charge is -2.22. The number of nitrogens with zero attached hydrogens (tertiary/aromatic N) is 1. The molecule has 138 valence electrons. The lowest BCUT2D eigenvalue weighted by atomic mass is 9.96. The van der Waals surface area contributed by atoms with Crippen LogP contribution in [0.25, 0.3) is 0 Å². The molecule has 1 N–H and O–H groups in total. The summed E-state index contributed by atoms with van der Waals surface area (Å²) in [6.07, 6.45) is 7.23. The van der Waals surface area contributed by atoms with Crippen LogP contribution in [0.1, 0.15) is 44.9 Å². The van der Waals surface area contributed by atoms with Gasteiger partial charge in [-0.2, -0.15) is 0 Å². The van der Waals surface area contributed by atoms with Crippen molar-refractivity contribution in [2.75, 3.05) is 19.7 Å². The molecule has 2 aliphatic rings. The van der Waals surface area contributed by atoms with Crippen LogP contribution in [-0.4, -0.2) is 45.0 Å². The Morgan fingerprint density at radius 3 is 2.32 bits per heavy atom. The molecule has 0 aromatic heterocycles. The third kappa shape index (κ3) is 4.95. The van der Waals surface area contributed by atoms with E-state index in [-0.39, 0.29) is 23.5 Å². The van der Waals surface area contributed by atoms with Gasteiger partial charge in [-0.1, -0.05) is 19.3 Å². The molecule has 2 fully saturated rings. The van der Waals surface area contributed by atoms with E-state index in [1.54, 1.807) is 17.0 Å². The molecule has 6 nitrogen and oxygen atoms in total. The summed E-state index contributed by atoms with van der Waals surface area (Å²) in [5.74, 6) is 0.484. The third-order valence-electron chi connectivity index (χ3n) is 4.88. The van der Waals surface area contributed by atoms with Gasteiger partial charge in [0, 0.05) is 19.1 Å². The van der Waals surface area contributed by atoms with Crippen molar-refractivity contribution in [2.24, 2.45) is 0 Å². The Hall–Kier alpha value is -1.60. The van der Waals surface area contributed by atoms with Gasteiger partial charge in [0.1, 0.15) is 5.75 Å². The maximum absolute atomic E-state index is 12.4. The quantitative estimate of drug-likeness (QED) is 0.838. The van der Waals surface area contributed by atoms with E-state index in [0.29, 0.717) is 5.75 Å². The fourth-order valence-electron chi connectivity index (χ4n) is 3.43. The zero-order valence-electron chi connectivity index (χ0n) is 14.4. The Morgan fingerprint density at radius 1 is 1.04 bits per heavy atom. The molecule has 0 radical (unpaired) electrons. The standard InChI is InChI=1S/C18H26N2O4S/c21-18(20-12-4-5-13-20)14-24-16-8-10-17(11-9-16)25(22,23)19-15-6-2-1-3-7-15/h8-11,15,19H,1-7,12-14H2. The van der Waals surface area contributed by atoms with Gasteiger partial charge in [-0.3, -0.25) is 4.79 Å². The Kier molecular flexibility index (Phi) is 5.96. The number of amides is 1. The zero-order chi connectivity index (χ0) is 17.7. The summed E-state index contributed by atoms with van der Waals surface area (Å²) in [7, 11) is -3.50. The maximum atomic E-state index is 12.4. The van der Waals surface area contributed by atoms with Gasteiger partial charge in [-0.25, -0.2) is 13.1 Å². The summed E-state index contributed by atoms with van der Waals surface area (Å²) in [5.41, 5.74) is 0. The van der Waals surface area contributed by atoms with Crippen LogP contribution in [0.2, 0.25) is 0 Å². The fraction of sp³-hybridized carbons (Fsp3) is 0.611. The molecule has 25 heavy (non-hydrogen) atoms. The van der Waals surface area contributed by atoms with E-state index < -0.39 is 10.0 Å². The Labute approximate surface area is 149 Å². The van der Waals surface area contributed by atoms with Crippen molar-refractivity contribution in [3.63, 3.8) is 0 Å². The van der Waals surface area contributed by atoms with E-state index in [1.165, 1.54) is 18.6 Å². The summed E-state index contributed by atoms with van der Waals surface area (Å²) in [6.45, 7) is 1.59. The lowest BCUT2D eigenvalue weighted by Crippen LogP contribution is -2.36. The molecule has 3 rings (SSSR count). The SMILES string of the molecule is O=C(COc1ccc(S(=O)(=O)NC2CCCCC2)cc1)N1CCCC1. The minimum atomic E-state index is -3.50. The summed E-state index contributed by atoms with van der Waals surface area (Å²) < 4.78 is 33.2. The van der Waals surface area contributed by atoms with E-state index in [9.17, 15) is 13.2 Å². The number of nitrogens with one attached hydrogen (secondary N) is 1. The first kappa shape index (κ1) is 18.2. The predicted molar refractivity (Wildman–Crippen MR) is 94.9 cm³/mol. The van der Waals surface area contributed by atoms with Crippen LogP contribution < -0.4 is 9.46 Å². The minimum absolute atomic E-state index is 0.00752. The molecule has 7 heteroatoms. The molecule has 1 saturated carbocycles. The van der Waals surface area contributed by atoms with Gasteiger partial charge >= 0.3 is 0 Å². The number of carbonyl (C=O) groups is 1. The Morgan fingerprint density at radius 2 is 1.68 bits per heavy atom. The van der Waals surface area contributed by atoms with Gasteiger partial charge in [0.05, 0.1) is 4.90 Å². The van der Waals surface area contributed by atoms with E-state index in [4.69, 9.17) is 4.74 Å². The van der Waals surface area contributed by atoms with Crippen molar-refractivity contribution in [3.05, 3.63) is 24.3 Å². The minimum Gasteiger partial charge on any atom is -0.484 e. The maximum Gasteiger partial charge on any atom is 0.260 e. The van der Waals surface area contributed by atoms with Crippen LogP contribution in [0.15, 0.2) is 29.2 Å². The smallest absolute Gasteiger partial charge is 0.260 e. The number of carbonyl (C=O) groups excluding carboxylic acids is 1. The molecule has 1 amide bonds. The molecule has 1 aliphatic heterocycles. The molecule has 1 aromatic carbocycles. The average molecular weight is 366 g/mol. The molecule has 0 bridgehead atoms. The van der Waals surface area contributed by atoms with Gasteiger partial charge < -0.3 is 9.64 Å². The molecule has 0 spiro atoms. The fourth-order valence-corrected chi connectivity index (χ4v) is 4.73. The number of sulfonamides is 1. The molecule has 1 aliphatic carbocycles. The number of hydrogen-bond donors (Lipinski definition) is 1. The summed E-state index contributed by atoms with van der Waals surface area (Å²) in [5, 5.41) is 0. The van der Waals surface area contributed by atoms with Crippen LogP contribution in [-0.2, 0) is 14.8 Å². The van der Waals surface area contributed by atoms with E-state index in [1.807, 2.05) is 0 Å². The second kappa shape index (κ2) is 8.19. The Balaban J connectivity index is 1.54. The molecular weight excluding hydrogens is 340 g/mol. The molecule has 1 aromatic rings. The van der Waals surface area contributed by atoms with Gasteiger partial charge in [0.2, 0.25) is 10.0 Å². The highest BCUT2D eigenvalue weighted by Crippen LogP contribution is 2.21. The first-order valence-corrected chi connectivity index (χ1v) is 10.6. The van der Waals surface area contributed by atoms with Crippen LogP contribution in [0, 0.1) is 0 Å². The number of hydrogen-bond acceptors (Lipinski definition) is 4. The lowest BCUT2D eigenvalue weighted by molar-refractivity contribution is -0.132. The summed E-state index contributed by atoms with van der Waals surface area (Å²) >= 11 is 0. The highest BCUT2D eigenvalue weighted by Gasteiger charge is 2.22. The van der Waals surface area contributed by atoms with Crippen LogP contribution >= 0.6 is 0 Å². The van der Waals surface area contributed by atoms with Crippen molar-refractivity contribution in [3.8, 4) is 5.75 Å². The average Bonchev–Trinajstić information content (AvgIpc) is 3.15. The Bertz CT molecular complexity index is 676. The van der Waals surface area contributed by atoms with Gasteiger partial charge in [0.25, 0.3) is 5.91 Å². The van der Waals surface area contributed by atoms with E-state index in [0.717, 1.165) is 51.6 Å². The number of rotatable bonds is 6. The third-order valence-corrected chi connectivity index (χ3v) is 6.42. The highest BCUT2D eigenvalue weighted by molar-refractivity contribution is 7.89. The highest BCUT2D eigenvalue weighted by atomic mass is 32.2. The van der Waals surface area contributed by atoms with E-state index in [2.05, 4.69) is 4.72 Å². The second-order valence-corrected chi connectivity index (χ2v) is 8.52. The summed E-state index contributed by atoms with van der Waals surface area (Å²) in [6, 6.07) is 6.30. The van der Waals surface area contributed by atoms with Crippen molar-refractivity contribution in [1.82, 2.24) is 9.62 Å². The number of ether oxygens (including phenoxy) is 1. The van der Waals surface area contributed by atoms with E-state index >= 15 is 0 Å². The predicted octanol–water partition coefficient (Wildman–Crippen LogP) is 2.30. The molecular formula is C18H26N2O4S. The second-order valence-electron chi connectivity index (χ2n) is 6.80. The van der Waals surface area contributed by atoms with Crippen LogP contribution in [0.5, 0.6) is 5.75 Å². The van der Waals surface area contributed by atoms with Crippen molar-refractivity contribution < 1.29 is 17.9 Å². The molecule has 1 saturated heterocycles. The van der Waals surface area contributed by atoms with Crippen molar-refractivity contribution in [2.45, 2.75) is 55.9 Å². The van der Waals surface area contributed by atoms with Gasteiger partial charge in [0.15, 0.2) is 6.61 Å². The largest absolute Gasteiger partial charge is 0.484 e. The topological polar surface area (TPSA) is 75.7 Å². The van der Waals surface area contributed by atoms with Gasteiger partial charge in [-0.15, -0.1) is 0 Å². The first-order chi connectivity index (χ1) is 12.0. The van der Waals surface area contributed by atoms with Crippen LogP contribution in [0.3, 0.4) is 0 Å². The number of benzene rings is 1. The van der Waals surface area contributed by atoms with Crippen molar-refractivity contribution in [1.29, 1.82) is 0 Å². The van der Waals surface area contributed by atoms with Crippen molar-refractivity contribution >= 4 is 15.9 Å². The molecule has 0 atom stereocenters. The van der Waals surface area contributed by atoms with Crippen LogP contribution in [0.4, 0.5) is 0 Å². The monoisotopic (exact) mass is 366 g/mol. The molecule has 0 unspecified atom stereocenters. The zero-order valence-corrected chi connectivity index (χ0v) is 15.3. The first-order valence-electron chi connectivity index (χ1n) is 9.07. The molecule has 1 heterocycles.